The van der Waals surface area contributed by atoms with Crippen LogP contribution in [0.25, 0.3) is 0 Å². The van der Waals surface area contributed by atoms with Crippen molar-refractivity contribution in [3.05, 3.63) is 41.2 Å². The summed E-state index contributed by atoms with van der Waals surface area (Å²) in [5.41, 5.74) is 3.53. The average Bonchev–Trinajstić information content (AvgIpc) is 2.88. The molecule has 1 N–H and O–H groups in total. The second kappa shape index (κ2) is 7.04. The maximum absolute atomic E-state index is 5.65. The van der Waals surface area contributed by atoms with Crippen molar-refractivity contribution in [1.29, 1.82) is 0 Å². The van der Waals surface area contributed by atoms with Gasteiger partial charge in [0.15, 0.2) is 11.5 Å². The summed E-state index contributed by atoms with van der Waals surface area (Å²) >= 11 is 0. The van der Waals surface area contributed by atoms with Gasteiger partial charge in [-0.2, -0.15) is 5.10 Å². The SMILES string of the molecule is Cc1cc(C)n(CCCN[C@@H](C)c2ccc3c(c2)OCCO3)n1. The van der Waals surface area contributed by atoms with Crippen LogP contribution < -0.4 is 14.8 Å². The Labute approximate surface area is 137 Å². The Bertz CT molecular complexity index is 666. The number of fused-ring (bicyclic) bond motifs is 1. The molecule has 23 heavy (non-hydrogen) atoms. The van der Waals surface area contributed by atoms with Crippen molar-refractivity contribution < 1.29 is 9.47 Å². The van der Waals surface area contributed by atoms with Gasteiger partial charge in [-0.25, -0.2) is 0 Å². The fraction of sp³-hybridized carbons (Fsp3) is 0.500. The Morgan fingerprint density at radius 2 is 1.96 bits per heavy atom. The van der Waals surface area contributed by atoms with Crippen molar-refractivity contribution in [1.82, 2.24) is 15.1 Å². The van der Waals surface area contributed by atoms with Gasteiger partial charge in [-0.1, -0.05) is 6.07 Å². The van der Waals surface area contributed by atoms with Gasteiger partial charge in [0.2, 0.25) is 0 Å². The van der Waals surface area contributed by atoms with Crippen LogP contribution in [0.1, 0.15) is 36.3 Å². The number of aromatic nitrogens is 2. The minimum Gasteiger partial charge on any atom is -0.486 e. The molecule has 1 aromatic heterocycles. The molecule has 2 aromatic rings. The van der Waals surface area contributed by atoms with Gasteiger partial charge in [-0.15, -0.1) is 0 Å². The van der Waals surface area contributed by atoms with Crippen LogP contribution in [-0.4, -0.2) is 29.5 Å². The summed E-state index contributed by atoms with van der Waals surface area (Å²) < 4.78 is 13.3. The zero-order valence-electron chi connectivity index (χ0n) is 14.1. The lowest BCUT2D eigenvalue weighted by Gasteiger charge is -2.21. The topological polar surface area (TPSA) is 48.3 Å². The van der Waals surface area contributed by atoms with E-state index in [1.807, 2.05) is 13.0 Å². The van der Waals surface area contributed by atoms with E-state index in [1.165, 1.54) is 11.3 Å². The molecule has 124 valence electrons. The predicted molar refractivity (Wildman–Crippen MR) is 90.2 cm³/mol. The molecule has 0 spiro atoms. The van der Waals surface area contributed by atoms with Crippen LogP contribution in [0.15, 0.2) is 24.3 Å². The normalized spacial score (nSPS) is 14.7. The number of benzene rings is 1. The zero-order valence-corrected chi connectivity index (χ0v) is 14.1. The van der Waals surface area contributed by atoms with Crippen molar-refractivity contribution in [2.24, 2.45) is 0 Å². The Morgan fingerprint density at radius 1 is 1.17 bits per heavy atom. The van der Waals surface area contributed by atoms with Crippen molar-refractivity contribution >= 4 is 0 Å². The molecule has 0 saturated heterocycles. The van der Waals surface area contributed by atoms with Crippen LogP contribution in [-0.2, 0) is 6.54 Å². The summed E-state index contributed by atoms with van der Waals surface area (Å²) in [5.74, 6) is 1.70. The highest BCUT2D eigenvalue weighted by Gasteiger charge is 2.14. The number of nitrogens with zero attached hydrogens (tertiary/aromatic N) is 2. The molecule has 0 unspecified atom stereocenters. The van der Waals surface area contributed by atoms with Crippen molar-refractivity contribution in [3.63, 3.8) is 0 Å². The predicted octanol–water partition coefficient (Wildman–Crippen LogP) is 3.01. The number of nitrogens with one attached hydrogen (secondary N) is 1. The number of rotatable bonds is 6. The Balaban J connectivity index is 1.49. The van der Waals surface area contributed by atoms with E-state index in [1.54, 1.807) is 0 Å². The number of aryl methyl sites for hydroxylation is 3. The maximum Gasteiger partial charge on any atom is 0.161 e. The first kappa shape index (κ1) is 15.9. The van der Waals surface area contributed by atoms with Gasteiger partial charge >= 0.3 is 0 Å². The minimum atomic E-state index is 0.284. The fourth-order valence-electron chi connectivity index (χ4n) is 2.90. The van der Waals surface area contributed by atoms with E-state index in [0.29, 0.717) is 13.2 Å². The monoisotopic (exact) mass is 315 g/mol. The first-order valence-corrected chi connectivity index (χ1v) is 8.27. The highest BCUT2D eigenvalue weighted by Crippen LogP contribution is 2.32. The van der Waals surface area contributed by atoms with E-state index in [0.717, 1.165) is 36.7 Å². The lowest BCUT2D eigenvalue weighted by Crippen LogP contribution is -2.22. The van der Waals surface area contributed by atoms with Crippen LogP contribution in [0, 0.1) is 13.8 Å². The minimum absolute atomic E-state index is 0.284. The molecule has 0 radical (unpaired) electrons. The third kappa shape index (κ3) is 3.85. The van der Waals surface area contributed by atoms with Crippen LogP contribution in [0.5, 0.6) is 11.5 Å². The second-order valence-electron chi connectivity index (χ2n) is 6.08. The van der Waals surface area contributed by atoms with Gasteiger partial charge in [0, 0.05) is 18.3 Å². The van der Waals surface area contributed by atoms with Crippen LogP contribution in [0.2, 0.25) is 0 Å². The molecule has 0 aliphatic carbocycles. The van der Waals surface area contributed by atoms with Gasteiger partial charge in [0.1, 0.15) is 13.2 Å². The summed E-state index contributed by atoms with van der Waals surface area (Å²) in [6.07, 6.45) is 1.05. The van der Waals surface area contributed by atoms with Crippen LogP contribution in [0.3, 0.4) is 0 Å². The summed E-state index contributed by atoms with van der Waals surface area (Å²) in [5, 5.41) is 8.06. The van der Waals surface area contributed by atoms with E-state index in [2.05, 4.69) is 47.1 Å². The molecule has 0 fully saturated rings. The quantitative estimate of drug-likeness (QED) is 0.833. The van der Waals surface area contributed by atoms with Gasteiger partial charge < -0.3 is 14.8 Å². The summed E-state index contributed by atoms with van der Waals surface area (Å²) in [6.45, 7) is 9.47. The summed E-state index contributed by atoms with van der Waals surface area (Å²) in [7, 11) is 0. The lowest BCUT2D eigenvalue weighted by atomic mass is 10.1. The van der Waals surface area contributed by atoms with Crippen molar-refractivity contribution in [3.8, 4) is 11.5 Å². The molecule has 2 heterocycles. The van der Waals surface area contributed by atoms with E-state index in [-0.39, 0.29) is 6.04 Å². The molecule has 5 heteroatoms. The van der Waals surface area contributed by atoms with Crippen molar-refractivity contribution in [2.45, 2.75) is 39.8 Å². The Kier molecular flexibility index (Phi) is 4.86. The molecule has 0 bridgehead atoms. The van der Waals surface area contributed by atoms with Crippen LogP contribution >= 0.6 is 0 Å². The van der Waals surface area contributed by atoms with Crippen molar-refractivity contribution in [2.75, 3.05) is 19.8 Å². The number of hydrogen-bond donors (Lipinski definition) is 1. The fourth-order valence-corrected chi connectivity index (χ4v) is 2.90. The maximum atomic E-state index is 5.65. The standard InChI is InChI=1S/C18H25N3O2/c1-13-11-14(2)21(20-13)8-4-7-19-15(3)16-5-6-17-18(12-16)23-10-9-22-17/h5-6,11-12,15,19H,4,7-10H2,1-3H3/t15-/m0/s1. The van der Waals surface area contributed by atoms with Gasteiger partial charge in [0.05, 0.1) is 5.69 Å². The van der Waals surface area contributed by atoms with Gasteiger partial charge in [-0.05, 0) is 57.5 Å². The molecule has 1 aliphatic rings. The lowest BCUT2D eigenvalue weighted by molar-refractivity contribution is 0.171. The van der Waals surface area contributed by atoms with E-state index in [4.69, 9.17) is 9.47 Å². The third-order valence-corrected chi connectivity index (χ3v) is 4.17. The molecule has 0 saturated carbocycles. The summed E-state index contributed by atoms with van der Waals surface area (Å²) in [6, 6.07) is 8.58. The highest BCUT2D eigenvalue weighted by atomic mass is 16.6. The van der Waals surface area contributed by atoms with E-state index >= 15 is 0 Å². The molecular formula is C18H25N3O2. The zero-order chi connectivity index (χ0) is 16.2. The van der Waals surface area contributed by atoms with E-state index in [9.17, 15) is 0 Å². The van der Waals surface area contributed by atoms with Gasteiger partial charge in [-0.3, -0.25) is 4.68 Å². The van der Waals surface area contributed by atoms with Crippen LogP contribution in [0.4, 0.5) is 0 Å². The molecule has 3 rings (SSSR count). The molecule has 0 amide bonds. The van der Waals surface area contributed by atoms with Gasteiger partial charge in [0.25, 0.3) is 0 Å². The molecular weight excluding hydrogens is 290 g/mol. The molecule has 1 aromatic carbocycles. The Hall–Kier alpha value is -2.01. The highest BCUT2D eigenvalue weighted by molar-refractivity contribution is 5.44. The average molecular weight is 315 g/mol. The molecule has 1 aliphatic heterocycles. The third-order valence-electron chi connectivity index (χ3n) is 4.17. The second-order valence-corrected chi connectivity index (χ2v) is 6.08. The summed E-state index contributed by atoms with van der Waals surface area (Å²) in [4.78, 5) is 0. The molecule has 5 nitrogen and oxygen atoms in total. The Morgan fingerprint density at radius 3 is 2.70 bits per heavy atom. The largest absolute Gasteiger partial charge is 0.486 e. The number of hydrogen-bond acceptors (Lipinski definition) is 4. The smallest absolute Gasteiger partial charge is 0.161 e. The first-order chi connectivity index (χ1) is 11.1. The number of ether oxygens (including phenoxy) is 2. The molecule has 1 atom stereocenters. The van der Waals surface area contributed by atoms with E-state index < -0.39 is 0 Å². The first-order valence-electron chi connectivity index (χ1n) is 8.27.